The van der Waals surface area contributed by atoms with Crippen LogP contribution in [0.4, 0.5) is 0 Å². The first-order chi connectivity index (χ1) is 9.47. The maximum atomic E-state index is 12.1. The van der Waals surface area contributed by atoms with E-state index in [4.69, 9.17) is 0 Å². The number of hydrogen-bond acceptors (Lipinski definition) is 3. The maximum absolute atomic E-state index is 12.1. The van der Waals surface area contributed by atoms with E-state index in [9.17, 15) is 8.42 Å². The van der Waals surface area contributed by atoms with Gasteiger partial charge in [-0.2, -0.15) is 0 Å². The number of nitrogens with one attached hydrogen (secondary N) is 1. The highest BCUT2D eigenvalue weighted by molar-refractivity contribution is 9.10. The van der Waals surface area contributed by atoms with Crippen molar-refractivity contribution in [2.45, 2.75) is 37.1 Å². The minimum Gasteiger partial charge on any atom is -0.300 e. The van der Waals surface area contributed by atoms with Gasteiger partial charge in [-0.1, -0.05) is 22.9 Å². The lowest BCUT2D eigenvalue weighted by atomic mass is 10.0. The third kappa shape index (κ3) is 3.42. The number of halogens is 1. The molecule has 1 heterocycles. The fourth-order valence-corrected chi connectivity index (χ4v) is 4.24. The normalized spacial score (nSPS) is 20.4. The number of hydrogen-bond donors (Lipinski definition) is 1. The molecule has 112 valence electrons. The van der Waals surface area contributed by atoms with Crippen LogP contribution in [0.5, 0.6) is 0 Å². The summed E-state index contributed by atoms with van der Waals surface area (Å²) in [5.41, 5.74) is 0.888. The molecule has 1 unspecified atom stereocenters. The average molecular weight is 361 g/mol. The molecule has 0 spiro atoms. The van der Waals surface area contributed by atoms with Crippen molar-refractivity contribution in [3.05, 3.63) is 28.2 Å². The third-order valence-corrected chi connectivity index (χ3v) is 5.95. The van der Waals surface area contributed by atoms with E-state index in [1.807, 2.05) is 6.07 Å². The predicted molar refractivity (Wildman–Crippen MR) is 84.4 cm³/mol. The Bertz CT molecular complexity index is 575. The van der Waals surface area contributed by atoms with Gasteiger partial charge in [0.15, 0.2) is 0 Å². The Morgan fingerprint density at radius 1 is 1.45 bits per heavy atom. The van der Waals surface area contributed by atoms with Gasteiger partial charge < -0.3 is 4.90 Å². The van der Waals surface area contributed by atoms with E-state index in [1.54, 1.807) is 12.1 Å². The molecular weight excluding hydrogens is 340 g/mol. The molecule has 2 rings (SSSR count). The van der Waals surface area contributed by atoms with Gasteiger partial charge in [-0.25, -0.2) is 13.1 Å². The number of benzene rings is 1. The zero-order valence-electron chi connectivity index (χ0n) is 11.9. The second-order valence-corrected chi connectivity index (χ2v) is 7.86. The Morgan fingerprint density at radius 3 is 2.85 bits per heavy atom. The summed E-state index contributed by atoms with van der Waals surface area (Å²) in [4.78, 5) is 2.82. The molecule has 1 aromatic carbocycles. The zero-order valence-corrected chi connectivity index (χ0v) is 14.3. The molecule has 0 saturated carbocycles. The number of rotatable bonds is 5. The molecule has 6 heteroatoms. The van der Waals surface area contributed by atoms with Gasteiger partial charge >= 0.3 is 0 Å². The van der Waals surface area contributed by atoms with Crippen LogP contribution in [0.3, 0.4) is 0 Å². The van der Waals surface area contributed by atoms with Crippen molar-refractivity contribution < 1.29 is 8.42 Å². The van der Waals surface area contributed by atoms with E-state index in [-0.39, 0.29) is 0 Å². The topological polar surface area (TPSA) is 49.4 Å². The van der Waals surface area contributed by atoms with Gasteiger partial charge in [0.25, 0.3) is 0 Å². The summed E-state index contributed by atoms with van der Waals surface area (Å²) in [5.74, 6) is 0. The summed E-state index contributed by atoms with van der Waals surface area (Å²) in [6.45, 7) is 4.29. The molecule has 0 radical (unpaired) electrons. The minimum absolute atomic E-state index is 0.395. The van der Waals surface area contributed by atoms with E-state index in [1.165, 1.54) is 13.5 Å². The fourth-order valence-electron chi connectivity index (χ4n) is 2.88. The van der Waals surface area contributed by atoms with Crippen molar-refractivity contribution in [3.63, 3.8) is 0 Å². The van der Waals surface area contributed by atoms with Gasteiger partial charge in [-0.15, -0.1) is 0 Å². The molecule has 1 aliphatic heterocycles. The Balaban J connectivity index is 2.33. The summed E-state index contributed by atoms with van der Waals surface area (Å²) in [6.07, 6.45) is 3.11. The molecular formula is C14H21BrN2O2S. The second kappa shape index (κ2) is 6.56. The Kier molecular flexibility index (Phi) is 5.23. The van der Waals surface area contributed by atoms with Crippen LogP contribution in [-0.4, -0.2) is 39.5 Å². The van der Waals surface area contributed by atoms with E-state index >= 15 is 0 Å². The zero-order chi connectivity index (χ0) is 14.8. The van der Waals surface area contributed by atoms with E-state index in [0.717, 1.165) is 36.0 Å². The van der Waals surface area contributed by atoms with Gasteiger partial charge in [0.2, 0.25) is 10.0 Å². The lowest BCUT2D eigenvalue weighted by Crippen LogP contribution is -2.31. The largest absolute Gasteiger partial charge is 0.300 e. The van der Waals surface area contributed by atoms with Crippen molar-refractivity contribution in [2.75, 3.05) is 20.1 Å². The highest BCUT2D eigenvalue weighted by Gasteiger charge is 2.26. The molecule has 20 heavy (non-hydrogen) atoms. The molecule has 1 atom stereocenters. The Morgan fingerprint density at radius 2 is 2.20 bits per heavy atom. The molecule has 1 N–H and O–H groups in total. The van der Waals surface area contributed by atoms with Crippen LogP contribution in [0.1, 0.15) is 25.3 Å². The van der Waals surface area contributed by atoms with Gasteiger partial charge in [0.05, 0.1) is 4.90 Å². The predicted octanol–water partition coefficient (Wildman–Crippen LogP) is 2.38. The molecule has 4 nitrogen and oxygen atoms in total. The summed E-state index contributed by atoms with van der Waals surface area (Å²) in [6, 6.07) is 5.83. The fraction of sp³-hybridized carbons (Fsp3) is 0.571. The summed E-state index contributed by atoms with van der Waals surface area (Å²) in [7, 11) is -1.95. The first-order valence-electron chi connectivity index (χ1n) is 6.94. The average Bonchev–Trinajstić information content (AvgIpc) is 2.86. The van der Waals surface area contributed by atoms with Gasteiger partial charge in [-0.05, 0) is 63.2 Å². The highest BCUT2D eigenvalue weighted by atomic mass is 79.9. The molecule has 1 saturated heterocycles. The van der Waals surface area contributed by atoms with Crippen molar-refractivity contribution in [1.82, 2.24) is 9.62 Å². The van der Waals surface area contributed by atoms with Crippen LogP contribution in [0.25, 0.3) is 0 Å². The minimum atomic E-state index is -3.40. The van der Waals surface area contributed by atoms with Crippen LogP contribution in [0.15, 0.2) is 27.6 Å². The van der Waals surface area contributed by atoms with Gasteiger partial charge in [-0.3, -0.25) is 0 Å². The lowest BCUT2D eigenvalue weighted by molar-refractivity contribution is 0.265. The summed E-state index contributed by atoms with van der Waals surface area (Å²) < 4.78 is 27.6. The molecule has 1 aliphatic rings. The number of sulfonamides is 1. The van der Waals surface area contributed by atoms with Crippen LogP contribution in [0, 0.1) is 0 Å². The van der Waals surface area contributed by atoms with Crippen LogP contribution in [-0.2, 0) is 16.4 Å². The Labute approximate surface area is 129 Å². The van der Waals surface area contributed by atoms with E-state index < -0.39 is 10.0 Å². The van der Waals surface area contributed by atoms with E-state index in [2.05, 4.69) is 32.5 Å². The maximum Gasteiger partial charge on any atom is 0.240 e. The van der Waals surface area contributed by atoms with Crippen molar-refractivity contribution >= 4 is 26.0 Å². The van der Waals surface area contributed by atoms with Crippen LogP contribution in [0.2, 0.25) is 0 Å². The molecule has 0 aromatic heterocycles. The molecule has 1 fully saturated rings. The van der Waals surface area contributed by atoms with Crippen LogP contribution >= 0.6 is 15.9 Å². The first-order valence-corrected chi connectivity index (χ1v) is 9.21. The molecule has 0 aliphatic carbocycles. The smallest absolute Gasteiger partial charge is 0.240 e. The standard InChI is InChI=1S/C14H21BrN2O2S/c1-3-17-8-4-5-13(17)10-11-9-12(15)6-7-14(11)20(18,19)16-2/h6-7,9,13,16H,3-5,8,10H2,1-2H3. The number of likely N-dealkylation sites (tertiary alicyclic amines) is 1. The first kappa shape index (κ1) is 15.9. The third-order valence-electron chi connectivity index (χ3n) is 3.94. The summed E-state index contributed by atoms with van der Waals surface area (Å²) in [5, 5.41) is 0. The van der Waals surface area contributed by atoms with Gasteiger partial charge in [0, 0.05) is 10.5 Å². The highest BCUT2D eigenvalue weighted by Crippen LogP contribution is 2.26. The quantitative estimate of drug-likeness (QED) is 0.876. The SMILES string of the molecule is CCN1CCCC1Cc1cc(Br)ccc1S(=O)(=O)NC. The molecule has 1 aromatic rings. The Hall–Kier alpha value is -0.430. The van der Waals surface area contributed by atoms with E-state index in [0.29, 0.717) is 10.9 Å². The van der Waals surface area contributed by atoms with Gasteiger partial charge in [0.1, 0.15) is 0 Å². The van der Waals surface area contributed by atoms with Crippen molar-refractivity contribution in [1.29, 1.82) is 0 Å². The number of nitrogens with zero attached hydrogens (tertiary/aromatic N) is 1. The number of likely N-dealkylation sites (N-methyl/N-ethyl adjacent to an activating group) is 1. The van der Waals surface area contributed by atoms with Crippen LogP contribution < -0.4 is 4.72 Å². The van der Waals surface area contributed by atoms with Crippen molar-refractivity contribution in [2.24, 2.45) is 0 Å². The molecule has 0 amide bonds. The summed E-state index contributed by atoms with van der Waals surface area (Å²) >= 11 is 3.44. The lowest BCUT2D eigenvalue weighted by Gasteiger charge is -2.23. The second-order valence-electron chi connectivity index (χ2n) is 5.09. The van der Waals surface area contributed by atoms with Crippen molar-refractivity contribution in [3.8, 4) is 0 Å². The monoisotopic (exact) mass is 360 g/mol. The molecule has 0 bridgehead atoms.